The van der Waals surface area contributed by atoms with E-state index in [-0.39, 0.29) is 10.5 Å². The number of aromatic nitrogens is 1. The third-order valence-electron chi connectivity index (χ3n) is 2.37. The van der Waals surface area contributed by atoms with Gasteiger partial charge in [-0.2, -0.15) is 0 Å². The van der Waals surface area contributed by atoms with Gasteiger partial charge in [-0.05, 0) is 42.8 Å². The Labute approximate surface area is 105 Å². The second-order valence-electron chi connectivity index (χ2n) is 3.75. The van der Waals surface area contributed by atoms with Crippen LogP contribution >= 0.6 is 0 Å². The van der Waals surface area contributed by atoms with Gasteiger partial charge in [-0.25, -0.2) is 12.8 Å². The van der Waals surface area contributed by atoms with E-state index in [1.165, 1.54) is 43.6 Å². The molecular weight excluding hydrogens is 255 g/mol. The summed E-state index contributed by atoms with van der Waals surface area (Å²) in [7, 11) is -3.70. The van der Waals surface area contributed by atoms with Crippen molar-refractivity contribution in [2.45, 2.75) is 11.8 Å². The number of rotatable bonds is 3. The molecule has 18 heavy (non-hydrogen) atoms. The highest BCUT2D eigenvalue weighted by Crippen LogP contribution is 2.17. The van der Waals surface area contributed by atoms with E-state index in [9.17, 15) is 12.8 Å². The maximum absolute atomic E-state index is 13.1. The van der Waals surface area contributed by atoms with Crippen molar-refractivity contribution in [3.8, 4) is 0 Å². The van der Waals surface area contributed by atoms with Crippen molar-refractivity contribution in [1.29, 1.82) is 0 Å². The molecule has 0 atom stereocenters. The molecule has 0 spiro atoms. The highest BCUT2D eigenvalue weighted by Gasteiger charge is 2.15. The number of nitrogens with zero attached hydrogens (tertiary/aromatic N) is 1. The first-order valence-electron chi connectivity index (χ1n) is 5.18. The average molecular weight is 266 g/mol. The number of anilines is 1. The topological polar surface area (TPSA) is 59.1 Å². The fourth-order valence-electron chi connectivity index (χ4n) is 1.42. The first-order valence-corrected chi connectivity index (χ1v) is 6.66. The predicted octanol–water partition coefficient (Wildman–Crippen LogP) is 2.33. The van der Waals surface area contributed by atoms with Gasteiger partial charge in [-0.3, -0.25) is 9.71 Å². The minimum atomic E-state index is -3.70. The van der Waals surface area contributed by atoms with Gasteiger partial charge in [0.15, 0.2) is 0 Å². The Morgan fingerprint density at radius 2 is 1.83 bits per heavy atom. The van der Waals surface area contributed by atoms with Crippen LogP contribution in [0.25, 0.3) is 0 Å². The summed E-state index contributed by atoms with van der Waals surface area (Å²) >= 11 is 0. The number of sulfonamides is 1. The monoisotopic (exact) mass is 266 g/mol. The van der Waals surface area contributed by atoms with Gasteiger partial charge in [-0.15, -0.1) is 0 Å². The third kappa shape index (κ3) is 2.65. The number of hydrogen-bond acceptors (Lipinski definition) is 3. The molecule has 1 aromatic carbocycles. The molecule has 0 amide bonds. The van der Waals surface area contributed by atoms with Gasteiger partial charge < -0.3 is 0 Å². The van der Waals surface area contributed by atoms with Crippen LogP contribution in [-0.2, 0) is 10.0 Å². The molecule has 0 saturated carbocycles. The Bertz CT molecular complexity index is 657. The minimum Gasteiger partial charge on any atom is -0.280 e. The van der Waals surface area contributed by atoms with Gasteiger partial charge >= 0.3 is 0 Å². The maximum atomic E-state index is 13.1. The maximum Gasteiger partial charge on any atom is 0.261 e. The Kier molecular flexibility index (Phi) is 3.29. The summed E-state index contributed by atoms with van der Waals surface area (Å²) in [4.78, 5) is 3.82. The fourth-order valence-corrected chi connectivity index (χ4v) is 2.56. The van der Waals surface area contributed by atoms with E-state index in [2.05, 4.69) is 9.71 Å². The number of nitrogens with one attached hydrogen (secondary N) is 1. The van der Waals surface area contributed by atoms with Gasteiger partial charge in [0.1, 0.15) is 5.82 Å². The first-order chi connectivity index (χ1) is 8.49. The van der Waals surface area contributed by atoms with E-state index in [0.717, 1.165) is 6.07 Å². The van der Waals surface area contributed by atoms with E-state index in [1.807, 2.05) is 0 Å². The third-order valence-corrected chi connectivity index (χ3v) is 3.75. The standard InChI is InChI=1S/C12H11FN2O2S/c1-9-8-11(2-3-12(9)13)18(16,17)15-10-4-6-14-7-5-10/h2-8H,1H3,(H,14,15). The zero-order valence-corrected chi connectivity index (χ0v) is 10.4. The molecule has 4 nitrogen and oxygen atoms in total. The summed E-state index contributed by atoms with van der Waals surface area (Å²) in [5.41, 5.74) is 0.694. The number of aryl methyl sites for hydroxylation is 1. The molecule has 0 fully saturated rings. The van der Waals surface area contributed by atoms with Crippen molar-refractivity contribution < 1.29 is 12.8 Å². The summed E-state index contributed by atoms with van der Waals surface area (Å²) in [5, 5.41) is 0. The number of hydrogen-bond donors (Lipinski definition) is 1. The SMILES string of the molecule is Cc1cc(S(=O)(=O)Nc2ccncc2)ccc1F. The molecule has 6 heteroatoms. The lowest BCUT2D eigenvalue weighted by Crippen LogP contribution is -2.13. The van der Waals surface area contributed by atoms with Crippen LogP contribution in [0, 0.1) is 12.7 Å². The Balaban J connectivity index is 2.34. The number of benzene rings is 1. The van der Waals surface area contributed by atoms with Gasteiger partial charge in [0.25, 0.3) is 10.0 Å². The van der Waals surface area contributed by atoms with Crippen LogP contribution in [0.15, 0.2) is 47.6 Å². The largest absolute Gasteiger partial charge is 0.280 e. The van der Waals surface area contributed by atoms with Crippen LogP contribution in [0.1, 0.15) is 5.56 Å². The van der Waals surface area contributed by atoms with E-state index in [4.69, 9.17) is 0 Å². The van der Waals surface area contributed by atoms with Gasteiger partial charge in [0.05, 0.1) is 10.6 Å². The highest BCUT2D eigenvalue weighted by atomic mass is 32.2. The Hall–Kier alpha value is -1.95. The molecule has 0 aliphatic heterocycles. The summed E-state index contributed by atoms with van der Waals surface area (Å²) in [6.07, 6.45) is 2.96. The normalized spacial score (nSPS) is 11.2. The molecule has 2 rings (SSSR count). The second-order valence-corrected chi connectivity index (χ2v) is 5.43. The average Bonchev–Trinajstić information content (AvgIpc) is 2.33. The second kappa shape index (κ2) is 4.73. The van der Waals surface area contributed by atoms with Crippen molar-refractivity contribution in [1.82, 2.24) is 4.98 Å². The molecule has 0 aliphatic carbocycles. The molecule has 1 aromatic heterocycles. The van der Waals surface area contributed by atoms with Crippen LogP contribution in [0.4, 0.5) is 10.1 Å². The zero-order valence-electron chi connectivity index (χ0n) is 9.59. The Morgan fingerprint density at radius 3 is 2.44 bits per heavy atom. The van der Waals surface area contributed by atoms with Crippen LogP contribution in [0.5, 0.6) is 0 Å². The predicted molar refractivity (Wildman–Crippen MR) is 66.2 cm³/mol. The molecule has 2 aromatic rings. The number of pyridine rings is 1. The van der Waals surface area contributed by atoms with E-state index < -0.39 is 15.8 Å². The van der Waals surface area contributed by atoms with Crippen molar-refractivity contribution >= 4 is 15.7 Å². The summed E-state index contributed by atoms with van der Waals surface area (Å²) in [6.45, 7) is 1.51. The highest BCUT2D eigenvalue weighted by molar-refractivity contribution is 7.92. The Morgan fingerprint density at radius 1 is 1.17 bits per heavy atom. The van der Waals surface area contributed by atoms with Crippen molar-refractivity contribution in [3.05, 3.63) is 54.1 Å². The van der Waals surface area contributed by atoms with Crippen molar-refractivity contribution in [3.63, 3.8) is 0 Å². The van der Waals surface area contributed by atoms with Crippen molar-refractivity contribution in [2.75, 3.05) is 4.72 Å². The summed E-state index contributed by atoms with van der Waals surface area (Å²) < 4.78 is 39.5. The van der Waals surface area contributed by atoms with Gasteiger partial charge in [0.2, 0.25) is 0 Å². The molecule has 1 N–H and O–H groups in total. The lowest BCUT2D eigenvalue weighted by Gasteiger charge is -2.08. The lowest BCUT2D eigenvalue weighted by atomic mass is 10.2. The van der Waals surface area contributed by atoms with E-state index >= 15 is 0 Å². The molecule has 0 saturated heterocycles. The molecule has 94 valence electrons. The van der Waals surface area contributed by atoms with Gasteiger partial charge in [-0.1, -0.05) is 0 Å². The molecule has 0 unspecified atom stereocenters. The van der Waals surface area contributed by atoms with E-state index in [0.29, 0.717) is 5.69 Å². The van der Waals surface area contributed by atoms with Gasteiger partial charge in [0, 0.05) is 12.4 Å². The smallest absolute Gasteiger partial charge is 0.261 e. The minimum absolute atomic E-state index is 0.0261. The fraction of sp³-hybridized carbons (Fsp3) is 0.0833. The van der Waals surface area contributed by atoms with Crippen LogP contribution < -0.4 is 4.72 Å². The van der Waals surface area contributed by atoms with Crippen LogP contribution in [0.2, 0.25) is 0 Å². The van der Waals surface area contributed by atoms with Crippen LogP contribution in [-0.4, -0.2) is 13.4 Å². The van der Waals surface area contributed by atoms with Crippen molar-refractivity contribution in [2.24, 2.45) is 0 Å². The quantitative estimate of drug-likeness (QED) is 0.927. The molecular formula is C12H11FN2O2S. The van der Waals surface area contributed by atoms with E-state index in [1.54, 1.807) is 0 Å². The van der Waals surface area contributed by atoms with Crippen LogP contribution in [0.3, 0.4) is 0 Å². The molecule has 0 bridgehead atoms. The summed E-state index contributed by atoms with van der Waals surface area (Å²) in [5.74, 6) is -0.433. The summed E-state index contributed by atoms with van der Waals surface area (Å²) in [6, 6.07) is 6.73. The molecule has 1 heterocycles. The molecule has 0 radical (unpaired) electrons. The first kappa shape index (κ1) is 12.5. The zero-order chi connectivity index (χ0) is 13.2. The lowest BCUT2D eigenvalue weighted by molar-refractivity contribution is 0.598. The molecule has 0 aliphatic rings. The number of halogens is 1.